The van der Waals surface area contributed by atoms with Gasteiger partial charge in [0, 0.05) is 17.6 Å². The third-order valence-electron chi connectivity index (χ3n) is 3.69. The highest BCUT2D eigenvalue weighted by molar-refractivity contribution is 5.94. The van der Waals surface area contributed by atoms with E-state index in [1.807, 2.05) is 5.01 Å². The number of halogens is 1. The van der Waals surface area contributed by atoms with Crippen molar-refractivity contribution in [3.8, 4) is 0 Å². The second-order valence-electron chi connectivity index (χ2n) is 5.21. The van der Waals surface area contributed by atoms with Crippen LogP contribution in [0.5, 0.6) is 0 Å². The van der Waals surface area contributed by atoms with Crippen LogP contribution in [0, 0.1) is 5.82 Å². The molecule has 0 spiro atoms. The zero-order valence-electron chi connectivity index (χ0n) is 11.3. The van der Waals surface area contributed by atoms with Gasteiger partial charge in [-0.3, -0.25) is 10.2 Å². The van der Waals surface area contributed by atoms with E-state index in [-0.39, 0.29) is 17.2 Å². The molecule has 1 heterocycles. The Labute approximate surface area is 112 Å². The second-order valence-corrected chi connectivity index (χ2v) is 5.21. The lowest BCUT2D eigenvalue weighted by Gasteiger charge is -2.38. The molecule has 0 bridgehead atoms. The van der Waals surface area contributed by atoms with E-state index in [4.69, 9.17) is 5.73 Å². The maximum atomic E-state index is 13.4. The molecule has 19 heavy (non-hydrogen) atoms. The largest absolute Gasteiger partial charge is 0.396 e. The van der Waals surface area contributed by atoms with Gasteiger partial charge in [0.15, 0.2) is 0 Å². The molecule has 1 aromatic carbocycles. The molecule has 1 aliphatic rings. The van der Waals surface area contributed by atoms with Gasteiger partial charge in [-0.25, -0.2) is 9.40 Å². The number of rotatable bonds is 2. The monoisotopic (exact) mass is 265 g/mol. The predicted molar refractivity (Wildman–Crippen MR) is 72.9 cm³/mol. The summed E-state index contributed by atoms with van der Waals surface area (Å²) in [6.07, 6.45) is 3.28. The summed E-state index contributed by atoms with van der Waals surface area (Å²) in [5, 5.41) is 1.96. The number of hydrogen-bond donors (Lipinski definition) is 2. The van der Waals surface area contributed by atoms with Crippen LogP contribution in [0.2, 0.25) is 0 Å². The number of benzene rings is 1. The van der Waals surface area contributed by atoms with Crippen molar-refractivity contribution in [2.24, 2.45) is 0 Å². The molecular formula is C14H20FN3O. The second kappa shape index (κ2) is 5.57. The van der Waals surface area contributed by atoms with Crippen LogP contribution < -0.4 is 11.2 Å². The highest BCUT2D eigenvalue weighted by Crippen LogP contribution is 2.21. The SMILES string of the molecule is CC1CCCC(C)N1NC(=O)c1ccc(N)c(F)c1. The van der Waals surface area contributed by atoms with Crippen molar-refractivity contribution in [1.82, 2.24) is 10.4 Å². The molecule has 0 aliphatic carbocycles. The molecule has 1 saturated heterocycles. The minimum Gasteiger partial charge on any atom is -0.396 e. The number of anilines is 1. The van der Waals surface area contributed by atoms with Gasteiger partial charge in [0.1, 0.15) is 5.82 Å². The summed E-state index contributed by atoms with van der Waals surface area (Å²) >= 11 is 0. The zero-order valence-corrected chi connectivity index (χ0v) is 11.3. The number of nitrogen functional groups attached to an aromatic ring is 1. The van der Waals surface area contributed by atoms with Crippen LogP contribution in [0.15, 0.2) is 18.2 Å². The average Bonchev–Trinajstić information content (AvgIpc) is 2.37. The molecule has 0 aromatic heterocycles. The van der Waals surface area contributed by atoms with Crippen LogP contribution in [-0.4, -0.2) is 23.0 Å². The lowest BCUT2D eigenvalue weighted by Crippen LogP contribution is -2.54. The van der Waals surface area contributed by atoms with Crippen molar-refractivity contribution in [1.29, 1.82) is 0 Å². The quantitative estimate of drug-likeness (QED) is 0.807. The maximum Gasteiger partial charge on any atom is 0.265 e. The Balaban J connectivity index is 2.09. The van der Waals surface area contributed by atoms with E-state index in [1.165, 1.54) is 24.6 Å². The van der Waals surface area contributed by atoms with E-state index in [0.717, 1.165) is 12.8 Å². The van der Waals surface area contributed by atoms with Crippen molar-refractivity contribution < 1.29 is 9.18 Å². The number of nitrogens with zero attached hydrogens (tertiary/aromatic N) is 1. The molecule has 1 amide bonds. The van der Waals surface area contributed by atoms with E-state index in [9.17, 15) is 9.18 Å². The number of hydrazine groups is 1. The molecule has 1 aromatic rings. The number of piperidine rings is 1. The van der Waals surface area contributed by atoms with Gasteiger partial charge in [-0.05, 0) is 44.9 Å². The summed E-state index contributed by atoms with van der Waals surface area (Å²) in [6, 6.07) is 4.71. The molecule has 2 atom stereocenters. The minimum atomic E-state index is -0.563. The molecule has 5 heteroatoms. The molecule has 1 fully saturated rings. The summed E-state index contributed by atoms with van der Waals surface area (Å²) in [7, 11) is 0. The average molecular weight is 265 g/mol. The smallest absolute Gasteiger partial charge is 0.265 e. The summed E-state index contributed by atoms with van der Waals surface area (Å²) in [5.74, 6) is -0.855. The van der Waals surface area contributed by atoms with Crippen molar-refractivity contribution in [3.63, 3.8) is 0 Å². The molecule has 104 valence electrons. The van der Waals surface area contributed by atoms with Gasteiger partial charge in [-0.15, -0.1) is 0 Å². The highest BCUT2D eigenvalue weighted by atomic mass is 19.1. The fraction of sp³-hybridized carbons (Fsp3) is 0.500. The van der Waals surface area contributed by atoms with Gasteiger partial charge in [-0.2, -0.15) is 0 Å². The van der Waals surface area contributed by atoms with E-state index in [2.05, 4.69) is 19.3 Å². The Hall–Kier alpha value is -1.62. The van der Waals surface area contributed by atoms with Gasteiger partial charge >= 0.3 is 0 Å². The number of carbonyl (C=O) groups is 1. The van der Waals surface area contributed by atoms with Crippen LogP contribution in [0.25, 0.3) is 0 Å². The van der Waals surface area contributed by atoms with Crippen LogP contribution in [0.1, 0.15) is 43.5 Å². The fourth-order valence-electron chi connectivity index (χ4n) is 2.49. The molecule has 2 rings (SSSR count). The van der Waals surface area contributed by atoms with Gasteiger partial charge in [0.05, 0.1) is 5.69 Å². The lowest BCUT2D eigenvalue weighted by atomic mass is 10.00. The Kier molecular flexibility index (Phi) is 4.04. The normalized spacial score (nSPS) is 24.2. The van der Waals surface area contributed by atoms with Crippen molar-refractivity contribution in [3.05, 3.63) is 29.6 Å². The van der Waals surface area contributed by atoms with Crippen molar-refractivity contribution >= 4 is 11.6 Å². The number of nitrogens with one attached hydrogen (secondary N) is 1. The number of nitrogens with two attached hydrogens (primary N) is 1. The molecule has 2 unspecified atom stereocenters. The fourth-order valence-corrected chi connectivity index (χ4v) is 2.49. The Morgan fingerprint density at radius 1 is 1.37 bits per heavy atom. The lowest BCUT2D eigenvalue weighted by molar-refractivity contribution is 0.0369. The van der Waals surface area contributed by atoms with Gasteiger partial charge in [0.25, 0.3) is 5.91 Å². The van der Waals surface area contributed by atoms with Crippen LogP contribution in [0.4, 0.5) is 10.1 Å². The molecule has 4 nitrogen and oxygen atoms in total. The minimum absolute atomic E-state index is 0.0521. The van der Waals surface area contributed by atoms with Crippen molar-refractivity contribution in [2.75, 3.05) is 5.73 Å². The van der Waals surface area contributed by atoms with Gasteiger partial charge < -0.3 is 5.73 Å². The number of hydrogen-bond acceptors (Lipinski definition) is 3. The molecule has 0 radical (unpaired) electrons. The third-order valence-corrected chi connectivity index (χ3v) is 3.69. The first-order valence-electron chi connectivity index (χ1n) is 6.63. The van der Waals surface area contributed by atoms with E-state index < -0.39 is 5.82 Å². The summed E-state index contributed by atoms with van der Waals surface area (Å²) < 4.78 is 13.4. The van der Waals surface area contributed by atoms with Gasteiger partial charge in [-0.1, -0.05) is 6.42 Å². The summed E-state index contributed by atoms with van der Waals surface area (Å²) in [6.45, 7) is 4.17. The van der Waals surface area contributed by atoms with Gasteiger partial charge in [0.2, 0.25) is 0 Å². The van der Waals surface area contributed by atoms with E-state index in [1.54, 1.807) is 0 Å². The Morgan fingerprint density at radius 3 is 2.58 bits per heavy atom. The van der Waals surface area contributed by atoms with E-state index >= 15 is 0 Å². The molecule has 3 N–H and O–H groups in total. The van der Waals surface area contributed by atoms with Crippen molar-refractivity contribution in [2.45, 2.75) is 45.2 Å². The van der Waals surface area contributed by atoms with Crippen LogP contribution >= 0.6 is 0 Å². The Morgan fingerprint density at radius 2 is 2.00 bits per heavy atom. The maximum absolute atomic E-state index is 13.4. The summed E-state index contributed by atoms with van der Waals surface area (Å²) in [5.41, 5.74) is 8.61. The topological polar surface area (TPSA) is 58.4 Å². The number of amides is 1. The third kappa shape index (κ3) is 3.04. The van der Waals surface area contributed by atoms with Crippen LogP contribution in [-0.2, 0) is 0 Å². The zero-order chi connectivity index (χ0) is 14.0. The Bertz CT molecular complexity index is 468. The van der Waals surface area contributed by atoms with E-state index in [0.29, 0.717) is 12.1 Å². The highest BCUT2D eigenvalue weighted by Gasteiger charge is 2.26. The molecule has 1 aliphatic heterocycles. The first-order valence-corrected chi connectivity index (χ1v) is 6.63. The first kappa shape index (κ1) is 13.8. The first-order chi connectivity index (χ1) is 8.99. The molecule has 0 saturated carbocycles. The standard InChI is InChI=1S/C14H20FN3O/c1-9-4-3-5-10(2)18(9)17-14(19)11-6-7-13(16)12(15)8-11/h6-10H,3-5,16H2,1-2H3,(H,17,19). The number of carbonyl (C=O) groups excluding carboxylic acids is 1. The van der Waals surface area contributed by atoms with Crippen LogP contribution in [0.3, 0.4) is 0 Å². The molecular weight excluding hydrogens is 245 g/mol. The predicted octanol–water partition coefficient (Wildman–Crippen LogP) is 2.32. The summed E-state index contributed by atoms with van der Waals surface area (Å²) in [4.78, 5) is 12.1.